The average molecular weight is 285 g/mol. The lowest BCUT2D eigenvalue weighted by atomic mass is 9.92. The van der Waals surface area contributed by atoms with E-state index >= 15 is 0 Å². The molecule has 2 N–H and O–H groups in total. The van der Waals surface area contributed by atoms with E-state index in [0.29, 0.717) is 12.0 Å². The van der Waals surface area contributed by atoms with Crippen LogP contribution in [-0.2, 0) is 4.79 Å². The Labute approximate surface area is 126 Å². The topological polar surface area (TPSA) is 70.1 Å². The zero-order valence-corrected chi connectivity index (χ0v) is 13.0. The van der Waals surface area contributed by atoms with Gasteiger partial charge in [-0.25, -0.2) is 0 Å². The maximum Gasteiger partial charge on any atom is 0.223 e. The van der Waals surface area contributed by atoms with Crippen molar-refractivity contribution < 1.29 is 4.79 Å². The molecule has 2 atom stereocenters. The van der Waals surface area contributed by atoms with Gasteiger partial charge in [0.25, 0.3) is 0 Å². The fourth-order valence-corrected chi connectivity index (χ4v) is 3.06. The van der Waals surface area contributed by atoms with Gasteiger partial charge in [0, 0.05) is 18.0 Å². The van der Waals surface area contributed by atoms with Crippen molar-refractivity contribution in [3.8, 4) is 6.07 Å². The lowest BCUT2D eigenvalue weighted by molar-refractivity contribution is -0.139. The lowest BCUT2D eigenvalue weighted by Crippen LogP contribution is -2.51. The van der Waals surface area contributed by atoms with E-state index in [-0.39, 0.29) is 23.5 Å². The van der Waals surface area contributed by atoms with Crippen LogP contribution in [0.1, 0.15) is 57.2 Å². The van der Waals surface area contributed by atoms with E-state index in [1.165, 1.54) is 0 Å². The Hall–Kier alpha value is -1.86. The molecule has 0 radical (unpaired) electrons. The summed E-state index contributed by atoms with van der Waals surface area (Å²) in [5, 5.41) is 8.92. The number of benzene rings is 1. The first-order valence-corrected chi connectivity index (χ1v) is 7.42. The highest BCUT2D eigenvalue weighted by Gasteiger charge is 2.38. The molecule has 0 saturated carbocycles. The summed E-state index contributed by atoms with van der Waals surface area (Å²) in [5.74, 6) is 0.157. The Balaban J connectivity index is 2.46. The molecule has 4 nitrogen and oxygen atoms in total. The number of carbonyl (C=O) groups excluding carboxylic acids is 1. The molecule has 112 valence electrons. The molecule has 1 aromatic carbocycles. The highest BCUT2D eigenvalue weighted by molar-refractivity contribution is 5.78. The molecular weight excluding hydrogens is 262 g/mol. The first-order chi connectivity index (χ1) is 9.84. The minimum atomic E-state index is -0.280. The number of hydrogen-bond donors (Lipinski definition) is 1. The van der Waals surface area contributed by atoms with Crippen LogP contribution in [-0.4, -0.2) is 22.4 Å². The van der Waals surface area contributed by atoms with Crippen molar-refractivity contribution in [2.45, 2.75) is 57.7 Å². The van der Waals surface area contributed by atoms with Crippen LogP contribution in [0.4, 0.5) is 0 Å². The molecule has 0 aromatic heterocycles. The number of rotatable bonds is 1. The lowest BCUT2D eigenvalue weighted by Gasteiger charge is -2.43. The fourth-order valence-electron chi connectivity index (χ4n) is 3.06. The molecule has 2 rings (SSSR count). The van der Waals surface area contributed by atoms with Crippen LogP contribution in [0.25, 0.3) is 0 Å². The van der Waals surface area contributed by atoms with Gasteiger partial charge in [-0.1, -0.05) is 12.1 Å². The molecule has 0 aliphatic carbocycles. The number of hydrogen-bond acceptors (Lipinski definition) is 3. The van der Waals surface area contributed by atoms with Crippen LogP contribution < -0.4 is 5.73 Å². The van der Waals surface area contributed by atoms with E-state index in [9.17, 15) is 4.79 Å². The molecule has 4 heteroatoms. The second kappa shape index (κ2) is 5.87. The Morgan fingerprint density at radius 3 is 2.43 bits per heavy atom. The maximum atomic E-state index is 12.5. The molecule has 1 fully saturated rings. The molecule has 1 saturated heterocycles. The Morgan fingerprint density at radius 1 is 1.29 bits per heavy atom. The number of nitrogens with two attached hydrogens (primary N) is 1. The first kappa shape index (κ1) is 15.5. The fraction of sp³-hybridized carbons (Fsp3) is 0.529. The van der Waals surface area contributed by atoms with E-state index in [1.807, 2.05) is 37.8 Å². The predicted octanol–water partition coefficient (Wildman–Crippen LogP) is 2.74. The molecule has 1 aliphatic heterocycles. The largest absolute Gasteiger partial charge is 0.329 e. The van der Waals surface area contributed by atoms with Crippen LogP contribution in [0.15, 0.2) is 24.3 Å². The van der Waals surface area contributed by atoms with Crippen LogP contribution in [0.3, 0.4) is 0 Å². The molecule has 0 spiro atoms. The van der Waals surface area contributed by atoms with Crippen molar-refractivity contribution in [2.24, 2.45) is 5.73 Å². The van der Waals surface area contributed by atoms with Gasteiger partial charge in [0.15, 0.2) is 0 Å². The smallest absolute Gasteiger partial charge is 0.223 e. The monoisotopic (exact) mass is 285 g/mol. The van der Waals surface area contributed by atoms with Crippen molar-refractivity contribution in [2.75, 3.05) is 0 Å². The summed E-state index contributed by atoms with van der Waals surface area (Å²) in [6, 6.07) is 9.32. The van der Waals surface area contributed by atoms with Crippen molar-refractivity contribution in [1.82, 2.24) is 4.90 Å². The summed E-state index contributed by atoms with van der Waals surface area (Å²) in [6.45, 7) is 6.12. The number of amides is 1. The highest BCUT2D eigenvalue weighted by Crippen LogP contribution is 2.35. The Bertz CT molecular complexity index is 551. The molecule has 0 bridgehead atoms. The number of nitriles is 1. The molecule has 21 heavy (non-hydrogen) atoms. The van der Waals surface area contributed by atoms with Gasteiger partial charge in [0.2, 0.25) is 5.91 Å². The first-order valence-electron chi connectivity index (χ1n) is 7.42. The quantitative estimate of drug-likeness (QED) is 0.862. The van der Waals surface area contributed by atoms with Gasteiger partial charge in [0.05, 0.1) is 17.7 Å². The minimum Gasteiger partial charge on any atom is -0.329 e. The van der Waals surface area contributed by atoms with Gasteiger partial charge in [-0.3, -0.25) is 4.79 Å². The van der Waals surface area contributed by atoms with Crippen molar-refractivity contribution in [1.29, 1.82) is 5.26 Å². The standard InChI is InChI=1S/C17H23N3O/c1-17(2,3)20-15(21)6-4-5-14(19)16(20)13-9-7-12(11-18)8-10-13/h7-10,14,16H,4-6,19H2,1-3H3. The molecular formula is C17H23N3O. The van der Waals surface area contributed by atoms with Gasteiger partial charge in [-0.15, -0.1) is 0 Å². The zero-order chi connectivity index (χ0) is 15.6. The zero-order valence-electron chi connectivity index (χ0n) is 13.0. The second-order valence-electron chi connectivity index (χ2n) is 6.67. The summed E-state index contributed by atoms with van der Waals surface area (Å²) >= 11 is 0. The van der Waals surface area contributed by atoms with Crippen molar-refractivity contribution in [3.05, 3.63) is 35.4 Å². The van der Waals surface area contributed by atoms with Crippen LogP contribution >= 0.6 is 0 Å². The summed E-state index contributed by atoms with van der Waals surface area (Å²) in [5.41, 5.74) is 7.72. The van der Waals surface area contributed by atoms with E-state index < -0.39 is 0 Å². The molecule has 1 aromatic rings. The van der Waals surface area contributed by atoms with Crippen molar-refractivity contribution >= 4 is 5.91 Å². The van der Waals surface area contributed by atoms with Gasteiger partial charge in [0.1, 0.15) is 0 Å². The Kier molecular flexibility index (Phi) is 4.34. The molecule has 1 heterocycles. The van der Waals surface area contributed by atoms with Gasteiger partial charge < -0.3 is 10.6 Å². The normalized spacial score (nSPS) is 23.6. The number of carbonyl (C=O) groups is 1. The summed E-state index contributed by atoms with van der Waals surface area (Å²) in [4.78, 5) is 14.5. The summed E-state index contributed by atoms with van der Waals surface area (Å²) < 4.78 is 0. The molecule has 2 unspecified atom stereocenters. The Morgan fingerprint density at radius 2 is 1.90 bits per heavy atom. The third kappa shape index (κ3) is 3.25. The number of nitrogens with zero attached hydrogens (tertiary/aromatic N) is 2. The van der Waals surface area contributed by atoms with E-state index in [0.717, 1.165) is 18.4 Å². The van der Waals surface area contributed by atoms with Crippen molar-refractivity contribution in [3.63, 3.8) is 0 Å². The van der Waals surface area contributed by atoms with Gasteiger partial charge >= 0.3 is 0 Å². The van der Waals surface area contributed by atoms with E-state index in [2.05, 4.69) is 6.07 Å². The van der Waals surface area contributed by atoms with Crippen LogP contribution in [0.2, 0.25) is 0 Å². The predicted molar refractivity (Wildman–Crippen MR) is 82.3 cm³/mol. The van der Waals surface area contributed by atoms with Crippen LogP contribution in [0.5, 0.6) is 0 Å². The van der Waals surface area contributed by atoms with Gasteiger partial charge in [-0.2, -0.15) is 5.26 Å². The average Bonchev–Trinajstić information content (AvgIpc) is 2.57. The second-order valence-corrected chi connectivity index (χ2v) is 6.67. The maximum absolute atomic E-state index is 12.5. The molecule has 1 aliphatic rings. The third-order valence-electron chi connectivity index (χ3n) is 3.98. The minimum absolute atomic E-state index is 0.0800. The number of likely N-dealkylation sites (tertiary alicyclic amines) is 1. The SMILES string of the molecule is CC(C)(C)N1C(=O)CCCC(N)C1c1ccc(C#N)cc1. The summed E-state index contributed by atoms with van der Waals surface area (Å²) in [6.07, 6.45) is 2.22. The van der Waals surface area contributed by atoms with Gasteiger partial charge in [-0.05, 0) is 51.3 Å². The van der Waals surface area contributed by atoms with Crippen LogP contribution in [0, 0.1) is 11.3 Å². The third-order valence-corrected chi connectivity index (χ3v) is 3.98. The molecule has 1 amide bonds. The van der Waals surface area contributed by atoms with E-state index in [1.54, 1.807) is 12.1 Å². The highest BCUT2D eigenvalue weighted by atomic mass is 16.2. The summed E-state index contributed by atoms with van der Waals surface area (Å²) in [7, 11) is 0. The van der Waals surface area contributed by atoms with E-state index in [4.69, 9.17) is 11.0 Å².